The van der Waals surface area contributed by atoms with Crippen LogP contribution < -0.4 is 16.8 Å². The third-order valence-corrected chi connectivity index (χ3v) is 4.49. The summed E-state index contributed by atoms with van der Waals surface area (Å²) in [6, 6.07) is 5.28. The highest BCUT2D eigenvalue weighted by Gasteiger charge is 2.28. The molecule has 2 aromatic rings. The van der Waals surface area contributed by atoms with Gasteiger partial charge in [0.2, 0.25) is 5.96 Å². The molecule has 1 aromatic heterocycles. The lowest BCUT2D eigenvalue weighted by Crippen LogP contribution is -2.22. The number of rotatable bonds is 3. The molecule has 8 heteroatoms. The zero-order valence-corrected chi connectivity index (χ0v) is 15.4. The van der Waals surface area contributed by atoms with Crippen LogP contribution in [-0.4, -0.2) is 17.6 Å². The van der Waals surface area contributed by atoms with E-state index in [1.54, 1.807) is 18.2 Å². The third kappa shape index (κ3) is 3.57. The Morgan fingerprint density at radius 1 is 1.27 bits per heavy atom. The van der Waals surface area contributed by atoms with Gasteiger partial charge < -0.3 is 21.2 Å². The number of aryl methyl sites for hydroxylation is 2. The van der Waals surface area contributed by atoms with Gasteiger partial charge in [-0.05, 0) is 50.5 Å². The van der Waals surface area contributed by atoms with Gasteiger partial charge >= 0.3 is 0 Å². The number of carbonyl (C=O) groups excluding carboxylic acids is 1. The van der Waals surface area contributed by atoms with Crippen molar-refractivity contribution in [2.75, 3.05) is 5.32 Å². The normalized spacial score (nSPS) is 14.8. The summed E-state index contributed by atoms with van der Waals surface area (Å²) in [5, 5.41) is 11.3. The van der Waals surface area contributed by atoms with Crippen LogP contribution in [0.25, 0.3) is 0 Å². The van der Waals surface area contributed by atoms with Gasteiger partial charge in [0.05, 0.1) is 5.71 Å². The van der Waals surface area contributed by atoms with Crippen LogP contribution in [0.15, 0.2) is 32.8 Å². The van der Waals surface area contributed by atoms with E-state index in [2.05, 4.69) is 15.5 Å². The number of fused-ring (bicyclic) bond motifs is 1. The van der Waals surface area contributed by atoms with E-state index in [1.807, 2.05) is 13.8 Å². The maximum Gasteiger partial charge on any atom is 0.291 e. The topological polar surface area (TPSA) is 119 Å². The minimum Gasteiger partial charge on any atom is -0.455 e. The predicted octanol–water partition coefficient (Wildman–Crippen LogP) is 3.12. The molecule has 0 aliphatic heterocycles. The molecule has 7 nitrogen and oxygen atoms in total. The standard InChI is InChI=1S/C18H20ClN5O2/c1-9-8-11(19)6-7-12(9)22-17(25)16-10(2)15-13(23-24-18(20)21)4-3-5-14(15)26-16/h6-8H,3-5H2,1-2H3,(H,22,25)(H4,20,21,24)/b23-13+. The molecule has 1 aliphatic rings. The first-order chi connectivity index (χ1) is 12.4. The van der Waals surface area contributed by atoms with Crippen LogP contribution >= 0.6 is 11.6 Å². The van der Waals surface area contributed by atoms with Crippen LogP contribution in [0.2, 0.25) is 5.02 Å². The van der Waals surface area contributed by atoms with Crippen LogP contribution in [0, 0.1) is 13.8 Å². The quantitative estimate of drug-likeness (QED) is 0.435. The smallest absolute Gasteiger partial charge is 0.291 e. The van der Waals surface area contributed by atoms with E-state index in [9.17, 15) is 4.79 Å². The van der Waals surface area contributed by atoms with E-state index in [0.29, 0.717) is 10.7 Å². The first-order valence-corrected chi connectivity index (χ1v) is 8.60. The average Bonchev–Trinajstić information content (AvgIpc) is 2.93. The number of guanidine groups is 1. The molecule has 0 bridgehead atoms. The molecule has 3 rings (SSSR count). The number of amides is 1. The Morgan fingerprint density at radius 3 is 2.73 bits per heavy atom. The number of halogens is 1. The molecule has 0 spiro atoms. The van der Waals surface area contributed by atoms with E-state index in [0.717, 1.165) is 47.4 Å². The van der Waals surface area contributed by atoms with E-state index < -0.39 is 0 Å². The van der Waals surface area contributed by atoms with Crippen molar-refractivity contribution in [3.63, 3.8) is 0 Å². The van der Waals surface area contributed by atoms with Crippen LogP contribution in [-0.2, 0) is 6.42 Å². The number of anilines is 1. The minimum atomic E-state index is -0.316. The first-order valence-electron chi connectivity index (χ1n) is 8.22. The molecule has 0 saturated carbocycles. The molecule has 26 heavy (non-hydrogen) atoms. The summed E-state index contributed by atoms with van der Waals surface area (Å²) >= 11 is 5.96. The molecular weight excluding hydrogens is 354 g/mol. The molecule has 1 aliphatic carbocycles. The summed E-state index contributed by atoms with van der Waals surface area (Å²) in [6.45, 7) is 3.71. The zero-order chi connectivity index (χ0) is 18.8. The van der Waals surface area contributed by atoms with Gasteiger partial charge in [0, 0.05) is 28.3 Å². The maximum absolute atomic E-state index is 12.7. The molecule has 5 N–H and O–H groups in total. The molecule has 1 heterocycles. The zero-order valence-electron chi connectivity index (χ0n) is 14.6. The Kier molecular flexibility index (Phi) is 4.99. The van der Waals surface area contributed by atoms with Crippen molar-refractivity contribution in [1.82, 2.24) is 0 Å². The molecule has 1 aromatic carbocycles. The number of nitrogens with two attached hydrogens (primary N) is 2. The summed E-state index contributed by atoms with van der Waals surface area (Å²) in [4.78, 5) is 12.7. The molecular formula is C18H20ClN5O2. The second-order valence-electron chi connectivity index (χ2n) is 6.19. The number of benzene rings is 1. The summed E-state index contributed by atoms with van der Waals surface area (Å²) < 4.78 is 5.84. The number of hydrogen-bond acceptors (Lipinski definition) is 4. The van der Waals surface area contributed by atoms with Gasteiger partial charge in [0.15, 0.2) is 5.76 Å². The Morgan fingerprint density at radius 2 is 2.04 bits per heavy atom. The largest absolute Gasteiger partial charge is 0.455 e. The van der Waals surface area contributed by atoms with Gasteiger partial charge in [-0.3, -0.25) is 4.79 Å². The number of nitrogens with one attached hydrogen (secondary N) is 1. The van der Waals surface area contributed by atoms with Gasteiger partial charge in [-0.15, -0.1) is 5.10 Å². The lowest BCUT2D eigenvalue weighted by atomic mass is 9.93. The number of hydrogen-bond donors (Lipinski definition) is 3. The highest BCUT2D eigenvalue weighted by Crippen LogP contribution is 2.31. The fourth-order valence-electron chi connectivity index (χ4n) is 3.05. The van der Waals surface area contributed by atoms with Crippen molar-refractivity contribution < 1.29 is 9.21 Å². The second-order valence-corrected chi connectivity index (χ2v) is 6.63. The van der Waals surface area contributed by atoms with Gasteiger partial charge in [0.1, 0.15) is 5.76 Å². The average molecular weight is 374 g/mol. The third-order valence-electron chi connectivity index (χ3n) is 4.25. The summed E-state index contributed by atoms with van der Waals surface area (Å²) in [7, 11) is 0. The number of furan rings is 1. The lowest BCUT2D eigenvalue weighted by Gasteiger charge is -2.11. The SMILES string of the molecule is Cc1cc(Cl)ccc1NC(=O)c1oc2c(c1C)/C(=N/N=C(N)N)CCC2. The summed E-state index contributed by atoms with van der Waals surface area (Å²) in [5.41, 5.74) is 14.5. The van der Waals surface area contributed by atoms with Gasteiger partial charge in [0.25, 0.3) is 5.91 Å². The molecule has 0 unspecified atom stereocenters. The molecule has 1 amide bonds. The Labute approximate surface area is 156 Å². The number of nitrogens with zero attached hydrogens (tertiary/aromatic N) is 2. The van der Waals surface area contributed by atoms with E-state index in [-0.39, 0.29) is 17.6 Å². The molecule has 0 saturated heterocycles. The molecule has 0 radical (unpaired) electrons. The summed E-state index contributed by atoms with van der Waals surface area (Å²) in [6.07, 6.45) is 2.32. The fourth-order valence-corrected chi connectivity index (χ4v) is 3.28. The molecule has 0 atom stereocenters. The highest BCUT2D eigenvalue weighted by atomic mass is 35.5. The minimum absolute atomic E-state index is 0.109. The second kappa shape index (κ2) is 7.21. The van der Waals surface area contributed by atoms with Crippen molar-refractivity contribution in [1.29, 1.82) is 0 Å². The van der Waals surface area contributed by atoms with Gasteiger partial charge in [-0.2, -0.15) is 5.10 Å². The van der Waals surface area contributed by atoms with Crippen LogP contribution in [0.1, 0.15) is 45.8 Å². The van der Waals surface area contributed by atoms with Crippen LogP contribution in [0.5, 0.6) is 0 Å². The Hall–Kier alpha value is -2.80. The lowest BCUT2D eigenvalue weighted by molar-refractivity contribution is 0.0994. The first kappa shape index (κ1) is 18.0. The molecule has 136 valence electrons. The van der Waals surface area contributed by atoms with Crippen molar-refractivity contribution >= 4 is 34.9 Å². The van der Waals surface area contributed by atoms with Gasteiger partial charge in [-0.25, -0.2) is 0 Å². The Balaban J connectivity index is 1.93. The Bertz CT molecular complexity index is 926. The van der Waals surface area contributed by atoms with Crippen LogP contribution in [0.3, 0.4) is 0 Å². The number of carbonyl (C=O) groups is 1. The van der Waals surface area contributed by atoms with Gasteiger partial charge in [-0.1, -0.05) is 11.6 Å². The molecule has 0 fully saturated rings. The van der Waals surface area contributed by atoms with Crippen molar-refractivity contribution in [3.05, 3.63) is 51.4 Å². The van der Waals surface area contributed by atoms with Crippen molar-refractivity contribution in [3.8, 4) is 0 Å². The van der Waals surface area contributed by atoms with E-state index >= 15 is 0 Å². The van der Waals surface area contributed by atoms with E-state index in [4.69, 9.17) is 27.5 Å². The van der Waals surface area contributed by atoms with Crippen LogP contribution in [0.4, 0.5) is 5.69 Å². The predicted molar refractivity (Wildman–Crippen MR) is 103 cm³/mol. The fraction of sp³-hybridized carbons (Fsp3) is 0.278. The van der Waals surface area contributed by atoms with Crippen molar-refractivity contribution in [2.45, 2.75) is 33.1 Å². The van der Waals surface area contributed by atoms with Crippen molar-refractivity contribution in [2.24, 2.45) is 21.7 Å². The maximum atomic E-state index is 12.7. The highest BCUT2D eigenvalue weighted by molar-refractivity contribution is 6.30. The monoisotopic (exact) mass is 373 g/mol. The summed E-state index contributed by atoms with van der Waals surface area (Å²) in [5.74, 6) is 0.574. The van der Waals surface area contributed by atoms with E-state index in [1.165, 1.54) is 0 Å².